The predicted octanol–water partition coefficient (Wildman–Crippen LogP) is 6.00. The molecular formula is C29H35N7. The first-order chi connectivity index (χ1) is 17.5. The summed E-state index contributed by atoms with van der Waals surface area (Å²) < 4.78 is 2.14. The van der Waals surface area contributed by atoms with Gasteiger partial charge in [0.1, 0.15) is 11.6 Å². The van der Waals surface area contributed by atoms with Crippen LogP contribution in [0.25, 0.3) is 16.9 Å². The lowest BCUT2D eigenvalue weighted by Crippen LogP contribution is -2.31. The van der Waals surface area contributed by atoms with E-state index in [4.69, 9.17) is 10.7 Å². The Labute approximate surface area is 212 Å². The first kappa shape index (κ1) is 23.0. The van der Waals surface area contributed by atoms with Crippen LogP contribution >= 0.6 is 0 Å². The van der Waals surface area contributed by atoms with E-state index in [0.717, 1.165) is 22.5 Å². The second kappa shape index (κ2) is 9.21. The van der Waals surface area contributed by atoms with E-state index < -0.39 is 0 Å². The summed E-state index contributed by atoms with van der Waals surface area (Å²) in [5.74, 6) is 2.96. The van der Waals surface area contributed by atoms with Crippen LogP contribution in [-0.2, 0) is 0 Å². The molecule has 1 aliphatic carbocycles. The highest BCUT2D eigenvalue weighted by molar-refractivity contribution is 5.80. The van der Waals surface area contributed by atoms with Crippen molar-refractivity contribution in [1.29, 1.82) is 0 Å². The van der Waals surface area contributed by atoms with Crippen LogP contribution in [0.2, 0.25) is 0 Å². The average Bonchev–Trinajstić information content (AvgIpc) is 3.59. The molecule has 0 amide bonds. The normalized spacial score (nSPS) is 21.2. The molecule has 4 aromatic rings. The lowest BCUT2D eigenvalue weighted by Gasteiger charge is -2.26. The molecule has 0 bridgehead atoms. The molecular weight excluding hydrogens is 446 g/mol. The highest BCUT2D eigenvalue weighted by atomic mass is 15.2. The monoisotopic (exact) mass is 481 g/mol. The number of nitrogen functional groups attached to an aromatic ring is 1. The lowest BCUT2D eigenvalue weighted by atomic mass is 9.93. The number of likely N-dealkylation sites (tertiary alicyclic amines) is 1. The summed E-state index contributed by atoms with van der Waals surface area (Å²) in [7, 11) is 2.27. The zero-order valence-corrected chi connectivity index (χ0v) is 21.4. The Bertz CT molecular complexity index is 1370. The van der Waals surface area contributed by atoms with Gasteiger partial charge >= 0.3 is 0 Å². The van der Waals surface area contributed by atoms with Crippen LogP contribution in [0.15, 0.2) is 54.7 Å². The summed E-state index contributed by atoms with van der Waals surface area (Å²) in [4.78, 5) is 16.6. The Hall–Kier alpha value is -3.45. The number of hydrogen-bond donors (Lipinski definition) is 2. The minimum Gasteiger partial charge on any atom is -0.384 e. The van der Waals surface area contributed by atoms with Crippen LogP contribution in [0.3, 0.4) is 0 Å². The standard InChI is InChI=1S/C29H35N7/c1-18(15-24-14-7-19(2)35(24)3)20-10-12-23(13-11-20)32-29-31-17-22-16-25(21-8-9-21)36(28(22)34-29)27-6-4-5-26(30)33-27/h4-6,10-13,16-19,21,24H,7-9,14-15H2,1-3H3,(H2,30,33)(H,31,32,34). The minimum absolute atomic E-state index is 0.506. The molecule has 186 valence electrons. The Kier molecular flexibility index (Phi) is 5.88. The molecule has 1 aromatic carbocycles. The third-order valence-corrected chi connectivity index (χ3v) is 8.10. The van der Waals surface area contributed by atoms with Crippen molar-refractivity contribution in [2.24, 2.45) is 0 Å². The van der Waals surface area contributed by atoms with Gasteiger partial charge in [0.15, 0.2) is 5.65 Å². The van der Waals surface area contributed by atoms with Crippen molar-refractivity contribution in [1.82, 2.24) is 24.4 Å². The summed E-state index contributed by atoms with van der Waals surface area (Å²) in [6.45, 7) is 4.67. The van der Waals surface area contributed by atoms with E-state index >= 15 is 0 Å². The van der Waals surface area contributed by atoms with Gasteiger partial charge in [-0.2, -0.15) is 4.98 Å². The summed E-state index contributed by atoms with van der Waals surface area (Å²) in [6, 6.07) is 18.0. The number of pyridine rings is 1. The third kappa shape index (κ3) is 4.44. The molecule has 0 spiro atoms. The molecule has 3 N–H and O–H groups in total. The fourth-order valence-electron chi connectivity index (χ4n) is 5.61. The maximum absolute atomic E-state index is 6.00. The number of aromatic nitrogens is 4. The van der Waals surface area contributed by atoms with Gasteiger partial charge < -0.3 is 16.0 Å². The molecule has 7 heteroatoms. The number of hydrogen-bond acceptors (Lipinski definition) is 6. The van der Waals surface area contributed by atoms with Gasteiger partial charge in [0.25, 0.3) is 0 Å². The van der Waals surface area contributed by atoms with E-state index in [1.807, 2.05) is 24.4 Å². The molecule has 36 heavy (non-hydrogen) atoms. The smallest absolute Gasteiger partial charge is 0.229 e. The fraction of sp³-hybridized carbons (Fsp3) is 0.414. The van der Waals surface area contributed by atoms with Crippen LogP contribution in [0.1, 0.15) is 69.0 Å². The van der Waals surface area contributed by atoms with E-state index in [2.05, 4.69) is 76.0 Å². The molecule has 3 atom stereocenters. The van der Waals surface area contributed by atoms with E-state index in [1.165, 1.54) is 43.4 Å². The molecule has 6 rings (SSSR count). The molecule has 2 fully saturated rings. The number of nitrogens with two attached hydrogens (primary N) is 1. The molecule has 0 radical (unpaired) electrons. The second-order valence-corrected chi connectivity index (χ2v) is 10.7. The second-order valence-electron chi connectivity index (χ2n) is 10.7. The highest BCUT2D eigenvalue weighted by Gasteiger charge is 2.30. The van der Waals surface area contributed by atoms with Gasteiger partial charge in [0.05, 0.1) is 0 Å². The van der Waals surface area contributed by atoms with Crippen LogP contribution < -0.4 is 11.1 Å². The number of fused-ring (bicyclic) bond motifs is 1. The largest absolute Gasteiger partial charge is 0.384 e. The summed E-state index contributed by atoms with van der Waals surface area (Å²) in [5, 5.41) is 4.42. The zero-order chi connectivity index (χ0) is 24.8. The van der Waals surface area contributed by atoms with E-state index in [1.54, 1.807) is 0 Å². The topological polar surface area (TPSA) is 84.9 Å². The maximum atomic E-state index is 6.00. The Morgan fingerprint density at radius 3 is 2.56 bits per heavy atom. The van der Waals surface area contributed by atoms with Crippen LogP contribution in [0, 0.1) is 0 Å². The molecule has 7 nitrogen and oxygen atoms in total. The molecule has 3 unspecified atom stereocenters. The first-order valence-corrected chi connectivity index (χ1v) is 13.2. The molecule has 1 aliphatic heterocycles. The van der Waals surface area contributed by atoms with Gasteiger partial charge in [-0.05, 0) is 93.8 Å². The molecule has 4 heterocycles. The van der Waals surface area contributed by atoms with Gasteiger partial charge in [-0.3, -0.25) is 4.57 Å². The van der Waals surface area contributed by atoms with Crippen molar-refractivity contribution in [3.63, 3.8) is 0 Å². The van der Waals surface area contributed by atoms with Crippen LogP contribution in [0.4, 0.5) is 17.5 Å². The quantitative estimate of drug-likeness (QED) is 0.337. The first-order valence-electron chi connectivity index (χ1n) is 13.2. The van der Waals surface area contributed by atoms with Gasteiger partial charge in [-0.15, -0.1) is 0 Å². The lowest BCUT2D eigenvalue weighted by molar-refractivity contribution is 0.235. The van der Waals surface area contributed by atoms with Crippen molar-refractivity contribution in [3.05, 3.63) is 66.0 Å². The van der Waals surface area contributed by atoms with Crippen molar-refractivity contribution in [2.75, 3.05) is 18.1 Å². The van der Waals surface area contributed by atoms with Crippen LogP contribution in [0.5, 0.6) is 0 Å². The Morgan fingerprint density at radius 1 is 1.06 bits per heavy atom. The van der Waals surface area contributed by atoms with Gasteiger partial charge in [0, 0.05) is 35.0 Å². The number of rotatable bonds is 7. The average molecular weight is 482 g/mol. The molecule has 3 aromatic heterocycles. The van der Waals surface area contributed by atoms with Gasteiger partial charge in [-0.25, -0.2) is 9.97 Å². The number of nitrogens with zero attached hydrogens (tertiary/aromatic N) is 5. The van der Waals surface area contributed by atoms with Crippen molar-refractivity contribution in [3.8, 4) is 5.82 Å². The van der Waals surface area contributed by atoms with Crippen molar-refractivity contribution >= 4 is 28.5 Å². The predicted molar refractivity (Wildman–Crippen MR) is 146 cm³/mol. The highest BCUT2D eigenvalue weighted by Crippen LogP contribution is 2.43. The minimum atomic E-state index is 0.506. The van der Waals surface area contributed by atoms with E-state index in [9.17, 15) is 0 Å². The van der Waals surface area contributed by atoms with Crippen molar-refractivity contribution in [2.45, 2.75) is 69.9 Å². The third-order valence-electron chi connectivity index (χ3n) is 8.10. The van der Waals surface area contributed by atoms with Gasteiger partial charge in [0.2, 0.25) is 5.95 Å². The number of nitrogens with one attached hydrogen (secondary N) is 1. The summed E-state index contributed by atoms with van der Waals surface area (Å²) in [6.07, 6.45) is 8.09. The SMILES string of the molecule is CC(CC1CCC(C)N1C)c1ccc(Nc2ncc3cc(C4CC4)n(-c4cccc(N)n4)c3n2)cc1. The Balaban J connectivity index is 1.23. The number of anilines is 3. The summed E-state index contributed by atoms with van der Waals surface area (Å²) in [5.41, 5.74) is 10.4. The zero-order valence-electron chi connectivity index (χ0n) is 21.4. The molecule has 2 aliphatic rings. The Morgan fingerprint density at radius 2 is 1.86 bits per heavy atom. The van der Waals surface area contributed by atoms with Crippen molar-refractivity contribution < 1.29 is 0 Å². The molecule has 1 saturated carbocycles. The maximum Gasteiger partial charge on any atom is 0.229 e. The number of benzene rings is 1. The molecule has 1 saturated heterocycles. The van der Waals surface area contributed by atoms with Gasteiger partial charge in [-0.1, -0.05) is 25.1 Å². The van der Waals surface area contributed by atoms with E-state index in [0.29, 0.717) is 35.7 Å². The fourth-order valence-corrected chi connectivity index (χ4v) is 5.61. The van der Waals surface area contributed by atoms with Crippen LogP contribution in [-0.4, -0.2) is 43.6 Å². The summed E-state index contributed by atoms with van der Waals surface area (Å²) >= 11 is 0. The van der Waals surface area contributed by atoms with E-state index in [-0.39, 0.29) is 0 Å².